The maximum atomic E-state index is 12.4. The van der Waals surface area contributed by atoms with Crippen molar-refractivity contribution in [3.05, 3.63) is 40.8 Å². The van der Waals surface area contributed by atoms with Gasteiger partial charge < -0.3 is 14.2 Å². The maximum Gasteiger partial charge on any atom is 0.276 e. The Hall–Kier alpha value is -2.28. The van der Waals surface area contributed by atoms with Crippen LogP contribution in [-0.2, 0) is 11.3 Å². The van der Waals surface area contributed by atoms with Crippen LogP contribution in [0.4, 0.5) is 0 Å². The predicted octanol–water partition coefficient (Wildman–Crippen LogP) is 2.25. The van der Waals surface area contributed by atoms with E-state index in [-0.39, 0.29) is 5.91 Å². The third-order valence-electron chi connectivity index (χ3n) is 4.33. The number of aromatic nitrogens is 3. The number of piperidine rings is 1. The molecular weight excluding hydrogens is 308 g/mol. The molecule has 2 aromatic heterocycles. The van der Waals surface area contributed by atoms with Crippen LogP contribution in [0, 0.1) is 13.8 Å². The molecular formula is C17H22N4O3. The summed E-state index contributed by atoms with van der Waals surface area (Å²) < 4.78 is 10.2. The lowest BCUT2D eigenvalue weighted by Crippen LogP contribution is -2.38. The summed E-state index contributed by atoms with van der Waals surface area (Å²) in [6.07, 6.45) is 3.59. The first-order chi connectivity index (χ1) is 11.6. The fourth-order valence-electron chi connectivity index (χ4n) is 3.12. The number of nitrogens with zero attached hydrogens (tertiary/aromatic N) is 4. The average molecular weight is 330 g/mol. The Kier molecular flexibility index (Phi) is 4.89. The summed E-state index contributed by atoms with van der Waals surface area (Å²) in [5.41, 5.74) is 2.46. The van der Waals surface area contributed by atoms with E-state index in [1.807, 2.05) is 18.0 Å². The molecule has 128 valence electrons. The van der Waals surface area contributed by atoms with Crippen molar-refractivity contribution in [1.82, 2.24) is 20.0 Å². The van der Waals surface area contributed by atoms with Crippen molar-refractivity contribution in [1.29, 1.82) is 0 Å². The Morgan fingerprint density at radius 1 is 1.38 bits per heavy atom. The van der Waals surface area contributed by atoms with Gasteiger partial charge in [-0.1, -0.05) is 5.16 Å². The van der Waals surface area contributed by atoms with Crippen molar-refractivity contribution < 1.29 is 14.1 Å². The quantitative estimate of drug-likeness (QED) is 0.855. The van der Waals surface area contributed by atoms with E-state index in [1.165, 1.54) is 0 Å². The number of carbonyl (C=O) groups is 1. The van der Waals surface area contributed by atoms with Crippen LogP contribution in [0.1, 0.15) is 52.1 Å². The summed E-state index contributed by atoms with van der Waals surface area (Å²) in [5.74, 6) is 1.66. The zero-order valence-corrected chi connectivity index (χ0v) is 14.3. The van der Waals surface area contributed by atoms with Crippen molar-refractivity contribution in [3.8, 4) is 0 Å². The molecule has 1 fully saturated rings. The van der Waals surface area contributed by atoms with Gasteiger partial charge in [-0.2, -0.15) is 0 Å². The molecule has 0 aromatic carbocycles. The molecule has 0 bridgehead atoms. The third-order valence-corrected chi connectivity index (χ3v) is 4.33. The van der Waals surface area contributed by atoms with Gasteiger partial charge in [0.05, 0.1) is 12.3 Å². The second kappa shape index (κ2) is 7.09. The largest absolute Gasteiger partial charge is 0.380 e. The molecule has 3 rings (SSSR count). The molecule has 1 aliphatic heterocycles. The number of rotatable bonds is 4. The molecule has 7 heteroatoms. The van der Waals surface area contributed by atoms with E-state index in [4.69, 9.17) is 9.26 Å². The summed E-state index contributed by atoms with van der Waals surface area (Å²) in [5, 5.41) is 3.81. The number of likely N-dealkylation sites (tertiary alicyclic amines) is 1. The standard InChI is InChI=1S/C17H22N4O3/c1-11-8-15(20-24-11)17(22)21-6-4-13(5-7-21)16-14(10-23-3)9-18-12(2)19-16/h8-9,13H,4-7,10H2,1-3H3. The molecule has 0 unspecified atom stereocenters. The molecule has 2 aromatic rings. The molecule has 0 aliphatic carbocycles. The highest BCUT2D eigenvalue weighted by molar-refractivity contribution is 5.92. The van der Waals surface area contributed by atoms with Gasteiger partial charge in [-0.05, 0) is 26.7 Å². The topological polar surface area (TPSA) is 81.4 Å². The molecule has 0 N–H and O–H groups in total. The van der Waals surface area contributed by atoms with E-state index in [0.29, 0.717) is 37.1 Å². The van der Waals surface area contributed by atoms with Gasteiger partial charge in [0, 0.05) is 43.9 Å². The highest BCUT2D eigenvalue weighted by atomic mass is 16.5. The lowest BCUT2D eigenvalue weighted by Gasteiger charge is -2.32. The molecule has 0 saturated carbocycles. The van der Waals surface area contributed by atoms with Gasteiger partial charge in [0.25, 0.3) is 5.91 Å². The van der Waals surface area contributed by atoms with Gasteiger partial charge in [-0.15, -0.1) is 0 Å². The SMILES string of the molecule is COCc1cnc(C)nc1C1CCN(C(=O)c2cc(C)on2)CC1. The van der Waals surface area contributed by atoms with Crippen molar-refractivity contribution in [2.24, 2.45) is 0 Å². The van der Waals surface area contributed by atoms with Crippen molar-refractivity contribution >= 4 is 5.91 Å². The Morgan fingerprint density at radius 3 is 2.75 bits per heavy atom. The second-order valence-electron chi connectivity index (χ2n) is 6.15. The van der Waals surface area contributed by atoms with Gasteiger partial charge >= 0.3 is 0 Å². The average Bonchev–Trinajstić information content (AvgIpc) is 3.03. The Labute approximate surface area is 141 Å². The zero-order chi connectivity index (χ0) is 17.1. The normalized spacial score (nSPS) is 15.7. The third kappa shape index (κ3) is 3.46. The smallest absolute Gasteiger partial charge is 0.276 e. The fourth-order valence-corrected chi connectivity index (χ4v) is 3.12. The summed E-state index contributed by atoms with van der Waals surface area (Å²) in [6, 6.07) is 1.68. The van der Waals surface area contributed by atoms with Crippen molar-refractivity contribution in [2.75, 3.05) is 20.2 Å². The van der Waals surface area contributed by atoms with E-state index in [9.17, 15) is 4.79 Å². The molecule has 1 aliphatic rings. The number of carbonyl (C=O) groups excluding carboxylic acids is 1. The predicted molar refractivity (Wildman–Crippen MR) is 86.6 cm³/mol. The Balaban J connectivity index is 1.69. The Morgan fingerprint density at radius 2 is 2.12 bits per heavy atom. The number of amides is 1. The highest BCUT2D eigenvalue weighted by Crippen LogP contribution is 2.29. The van der Waals surface area contributed by atoms with E-state index in [1.54, 1.807) is 20.1 Å². The maximum absolute atomic E-state index is 12.4. The Bertz CT molecular complexity index is 720. The first kappa shape index (κ1) is 16.6. The monoisotopic (exact) mass is 330 g/mol. The highest BCUT2D eigenvalue weighted by Gasteiger charge is 2.28. The minimum absolute atomic E-state index is 0.0683. The summed E-state index contributed by atoms with van der Waals surface area (Å²) >= 11 is 0. The lowest BCUT2D eigenvalue weighted by atomic mass is 9.90. The van der Waals surface area contributed by atoms with Gasteiger partial charge in [0.1, 0.15) is 11.6 Å². The zero-order valence-electron chi connectivity index (χ0n) is 14.3. The van der Waals surface area contributed by atoms with E-state index < -0.39 is 0 Å². The van der Waals surface area contributed by atoms with E-state index >= 15 is 0 Å². The van der Waals surface area contributed by atoms with Crippen LogP contribution < -0.4 is 0 Å². The van der Waals surface area contributed by atoms with Crippen LogP contribution in [0.3, 0.4) is 0 Å². The number of aryl methyl sites for hydroxylation is 2. The molecule has 24 heavy (non-hydrogen) atoms. The summed E-state index contributed by atoms with van der Waals surface area (Å²) in [7, 11) is 1.67. The summed E-state index contributed by atoms with van der Waals surface area (Å²) in [6.45, 7) is 5.55. The minimum Gasteiger partial charge on any atom is -0.380 e. The van der Waals surface area contributed by atoms with Crippen molar-refractivity contribution in [3.63, 3.8) is 0 Å². The molecule has 7 nitrogen and oxygen atoms in total. The number of hydrogen-bond acceptors (Lipinski definition) is 6. The number of ether oxygens (including phenoxy) is 1. The molecule has 1 saturated heterocycles. The summed E-state index contributed by atoms with van der Waals surface area (Å²) in [4.78, 5) is 23.2. The van der Waals surface area contributed by atoms with Crippen LogP contribution in [0.2, 0.25) is 0 Å². The van der Waals surface area contributed by atoms with E-state index in [0.717, 1.165) is 29.9 Å². The first-order valence-electron chi connectivity index (χ1n) is 8.12. The number of hydrogen-bond donors (Lipinski definition) is 0. The molecule has 0 radical (unpaired) electrons. The number of methoxy groups -OCH3 is 1. The molecule has 3 heterocycles. The van der Waals surface area contributed by atoms with Crippen LogP contribution in [0.5, 0.6) is 0 Å². The van der Waals surface area contributed by atoms with Crippen LogP contribution in [0.15, 0.2) is 16.8 Å². The molecule has 0 spiro atoms. The molecule has 0 atom stereocenters. The van der Waals surface area contributed by atoms with Crippen LogP contribution >= 0.6 is 0 Å². The van der Waals surface area contributed by atoms with Gasteiger partial charge in [0.2, 0.25) is 0 Å². The second-order valence-corrected chi connectivity index (χ2v) is 6.15. The van der Waals surface area contributed by atoms with Gasteiger partial charge in [-0.25, -0.2) is 9.97 Å². The minimum atomic E-state index is -0.0683. The van der Waals surface area contributed by atoms with E-state index in [2.05, 4.69) is 15.1 Å². The fraction of sp³-hybridized carbons (Fsp3) is 0.529. The first-order valence-corrected chi connectivity index (χ1v) is 8.12. The molecule has 1 amide bonds. The van der Waals surface area contributed by atoms with Crippen LogP contribution in [-0.4, -0.2) is 46.1 Å². The lowest BCUT2D eigenvalue weighted by molar-refractivity contribution is 0.0700. The van der Waals surface area contributed by atoms with Gasteiger partial charge in [0.15, 0.2) is 5.69 Å². The van der Waals surface area contributed by atoms with Crippen molar-refractivity contribution in [2.45, 2.75) is 39.2 Å². The van der Waals surface area contributed by atoms with Gasteiger partial charge in [-0.3, -0.25) is 4.79 Å². The van der Waals surface area contributed by atoms with Crippen LogP contribution in [0.25, 0.3) is 0 Å².